The number of halogens is 8. The molecule has 4 aromatic rings. The van der Waals surface area contributed by atoms with Crippen LogP contribution < -0.4 is 31.9 Å². The number of benzene rings is 2. The lowest BCUT2D eigenvalue weighted by Crippen LogP contribution is -2.57. The molecule has 0 bridgehead atoms. The molecule has 1 saturated heterocycles. The van der Waals surface area contributed by atoms with Crippen molar-refractivity contribution in [2.24, 2.45) is 35.5 Å². The number of amides is 6. The lowest BCUT2D eigenvalue weighted by Gasteiger charge is -2.39. The molecule has 0 spiro atoms. The molecule has 6 N–H and O–H groups in total. The largest absolute Gasteiger partial charge is 0.405 e. The summed E-state index contributed by atoms with van der Waals surface area (Å²) in [5.41, 5.74) is 0.466. The summed E-state index contributed by atoms with van der Waals surface area (Å²) in [5.74, 6) is -7.29. The van der Waals surface area contributed by atoms with E-state index in [-0.39, 0.29) is 63.2 Å². The molecule has 3 heterocycles. The van der Waals surface area contributed by atoms with Crippen LogP contribution in [0.1, 0.15) is 148 Å². The average molecular weight is 1190 g/mol. The molecule has 5 aliphatic rings. The number of aromatic nitrogens is 4. The highest BCUT2D eigenvalue weighted by Crippen LogP contribution is 2.52. The van der Waals surface area contributed by atoms with Gasteiger partial charge >= 0.3 is 12.4 Å². The number of nitrogens with zero attached hydrogens (tertiary/aromatic N) is 5. The number of nitrogens with one attached hydrogen (secondary N) is 6. The predicted octanol–water partition coefficient (Wildman–Crippen LogP) is 7.29. The fourth-order valence-corrected chi connectivity index (χ4v) is 11.3. The second-order valence-electron chi connectivity index (χ2n) is 23.5. The van der Waals surface area contributed by atoms with Crippen molar-refractivity contribution in [2.75, 3.05) is 36.8 Å². The minimum Gasteiger partial charge on any atom is -0.353 e. The average Bonchev–Trinajstić information content (AvgIpc) is 2.83. The van der Waals surface area contributed by atoms with Gasteiger partial charge in [0.15, 0.2) is 0 Å². The maximum absolute atomic E-state index is 15.3. The summed E-state index contributed by atoms with van der Waals surface area (Å²) in [6.45, 7) is 4.69. The SMILES string of the molecule is CC(C(=O)NCC(F)(F)F)c1ccc(NC(=O)C(NC(=O)c2ccnn2C2CCCNC2)C(C2CC2)C2CC2)c(F)c1.[B]C([B])([B])N(CC(F)(F)F)C(=O)C(C)c1ccc(NC(=O)C(NC(=O)c2ccnn2C(C)C)C(C2CC2)C2CC2)c(F)c1. The van der Waals surface area contributed by atoms with E-state index in [1.165, 1.54) is 44.3 Å². The second kappa shape index (κ2) is 26.5. The summed E-state index contributed by atoms with van der Waals surface area (Å²) < 4.78 is 110. The van der Waals surface area contributed by atoms with Crippen molar-refractivity contribution in [1.82, 2.24) is 45.7 Å². The number of anilines is 2. The molecule has 2 aromatic heterocycles. The van der Waals surface area contributed by atoms with Gasteiger partial charge in [0.2, 0.25) is 23.6 Å². The van der Waals surface area contributed by atoms with Gasteiger partial charge in [-0.2, -0.15) is 36.5 Å². The van der Waals surface area contributed by atoms with Gasteiger partial charge in [-0.25, -0.2) is 8.78 Å². The highest BCUT2D eigenvalue weighted by Gasteiger charge is 2.50. The molecule has 452 valence electrons. The van der Waals surface area contributed by atoms with E-state index in [0.29, 0.717) is 29.8 Å². The highest BCUT2D eigenvalue weighted by atomic mass is 19.4. The van der Waals surface area contributed by atoms with E-state index in [1.807, 2.05) is 13.8 Å². The van der Waals surface area contributed by atoms with E-state index in [2.05, 4.69) is 36.8 Å². The number of carbonyl (C=O) groups is 6. The lowest BCUT2D eigenvalue weighted by molar-refractivity contribution is -0.162. The van der Waals surface area contributed by atoms with E-state index >= 15 is 8.78 Å². The lowest BCUT2D eigenvalue weighted by atomic mass is 9.48. The van der Waals surface area contributed by atoms with Crippen LogP contribution in [0.4, 0.5) is 46.5 Å². The van der Waals surface area contributed by atoms with Crippen molar-refractivity contribution < 1.29 is 63.9 Å². The molecule has 2 aromatic carbocycles. The van der Waals surface area contributed by atoms with Crippen LogP contribution in [-0.4, -0.2) is 139 Å². The van der Waals surface area contributed by atoms with Gasteiger partial charge in [-0.15, -0.1) is 0 Å². The second-order valence-corrected chi connectivity index (χ2v) is 23.5. The molecule has 6 amide bonds. The van der Waals surface area contributed by atoms with Gasteiger partial charge in [-0.1, -0.05) is 17.4 Å². The molecule has 6 radical (unpaired) electrons. The first-order valence-electron chi connectivity index (χ1n) is 28.7. The van der Waals surface area contributed by atoms with E-state index in [4.69, 9.17) is 23.5 Å². The smallest absolute Gasteiger partial charge is 0.353 e. The summed E-state index contributed by atoms with van der Waals surface area (Å²) in [5, 5.41) is 22.1. The summed E-state index contributed by atoms with van der Waals surface area (Å²) in [6, 6.07) is 8.43. The van der Waals surface area contributed by atoms with Crippen LogP contribution in [0.3, 0.4) is 0 Å². The zero-order valence-electron chi connectivity index (χ0n) is 47.5. The minimum absolute atomic E-state index is 0.0116. The quantitative estimate of drug-likeness (QED) is 0.0325. The fourth-order valence-electron chi connectivity index (χ4n) is 11.3. The Kier molecular flexibility index (Phi) is 20.0. The zero-order valence-corrected chi connectivity index (χ0v) is 47.5. The molecule has 9 rings (SSSR count). The van der Waals surface area contributed by atoms with Crippen LogP contribution in [0.15, 0.2) is 60.9 Å². The first kappa shape index (κ1) is 64.3. The molecule has 85 heavy (non-hydrogen) atoms. The van der Waals surface area contributed by atoms with Gasteiger partial charge in [-0.3, -0.25) is 38.1 Å². The third-order valence-corrected chi connectivity index (χ3v) is 16.3. The number of hydrogen-bond acceptors (Lipinski definition) is 9. The molecule has 1 aliphatic heterocycles. The Balaban J connectivity index is 0.000000221. The summed E-state index contributed by atoms with van der Waals surface area (Å²) in [6.07, 6.45) is 3.09. The predicted molar refractivity (Wildman–Crippen MR) is 300 cm³/mol. The molecule has 17 nitrogen and oxygen atoms in total. The van der Waals surface area contributed by atoms with E-state index < -0.39 is 102 Å². The fraction of sp³-hybridized carbons (Fsp3) is 0.579. The van der Waals surface area contributed by atoms with Gasteiger partial charge in [-0.05, 0) is 181 Å². The van der Waals surface area contributed by atoms with Crippen LogP contribution in [-0.2, 0) is 19.2 Å². The Labute approximate surface area is 491 Å². The van der Waals surface area contributed by atoms with E-state index in [0.717, 1.165) is 82.9 Å². The molecule has 5 atom stereocenters. The van der Waals surface area contributed by atoms with Crippen molar-refractivity contribution in [1.29, 1.82) is 0 Å². The van der Waals surface area contributed by atoms with Crippen LogP contribution in [0, 0.1) is 47.1 Å². The number of rotatable bonds is 23. The van der Waals surface area contributed by atoms with Gasteiger partial charge in [0.25, 0.3) is 11.8 Å². The van der Waals surface area contributed by atoms with Crippen molar-refractivity contribution >= 4 is 70.4 Å². The molecule has 5 unspecified atom stereocenters. The third-order valence-electron chi connectivity index (χ3n) is 16.3. The zero-order chi connectivity index (χ0) is 61.9. The van der Waals surface area contributed by atoms with E-state index in [1.54, 1.807) is 33.0 Å². The first-order valence-corrected chi connectivity index (χ1v) is 28.7. The maximum atomic E-state index is 15.3. The van der Waals surface area contributed by atoms with Crippen molar-refractivity contribution in [3.8, 4) is 0 Å². The summed E-state index contributed by atoms with van der Waals surface area (Å²) in [4.78, 5) is 79.2. The molecule has 4 saturated carbocycles. The van der Waals surface area contributed by atoms with Crippen LogP contribution in [0.25, 0.3) is 0 Å². The molecule has 5 fully saturated rings. The molecule has 4 aliphatic carbocycles. The first-order chi connectivity index (χ1) is 40.0. The van der Waals surface area contributed by atoms with Gasteiger partial charge < -0.3 is 36.8 Å². The Morgan fingerprint density at radius 3 is 1.53 bits per heavy atom. The van der Waals surface area contributed by atoms with Gasteiger partial charge in [0, 0.05) is 25.0 Å². The molecular weight excluding hydrogens is 1120 g/mol. The van der Waals surface area contributed by atoms with Crippen LogP contribution in [0.2, 0.25) is 0 Å². The third kappa shape index (κ3) is 17.0. The van der Waals surface area contributed by atoms with Crippen molar-refractivity contribution in [2.45, 2.75) is 145 Å². The summed E-state index contributed by atoms with van der Waals surface area (Å²) in [7, 11) is 16.2. The van der Waals surface area contributed by atoms with Crippen molar-refractivity contribution in [3.63, 3.8) is 0 Å². The number of piperidine rings is 1. The van der Waals surface area contributed by atoms with Crippen LogP contribution in [0.5, 0.6) is 0 Å². The van der Waals surface area contributed by atoms with E-state index in [9.17, 15) is 55.1 Å². The van der Waals surface area contributed by atoms with Gasteiger partial charge in [0.1, 0.15) is 48.2 Å². The Hall–Kier alpha value is -6.73. The number of carbonyl (C=O) groups excluding carboxylic acids is 6. The topological polar surface area (TPSA) is 213 Å². The normalized spacial score (nSPS) is 18.8. The van der Waals surface area contributed by atoms with Crippen LogP contribution >= 0.6 is 0 Å². The number of alkyl halides is 6. The highest BCUT2D eigenvalue weighted by molar-refractivity contribution is 6.59. The van der Waals surface area contributed by atoms with Gasteiger partial charge in [0.05, 0.1) is 52.8 Å². The number of hydrogen-bond donors (Lipinski definition) is 6. The Morgan fingerprint density at radius 2 is 1.11 bits per heavy atom. The molecular formula is C57H68B3F8N11O6. The monoisotopic (exact) mass is 1190 g/mol. The minimum atomic E-state index is -4.84. The Morgan fingerprint density at radius 1 is 0.635 bits per heavy atom. The standard InChI is InChI=1S/C29H36F4N6O3.C28H32B3F4N5O3/c1-16(26(40)35-15-29(31,32)33)19-8-9-22(21(30)13-19)37-28(42)25(24(17-4-5-17)18-6-7-18)38-27(41)23-10-12-36-39(23)20-3-2-11-34-14-20;1-14(2)40-21(10-11-36-40)24(41)38-23(22(16-4-5-16)17-6-7-17)25(42)37-20-9-8-18(12-19(20)32)15(3)26(43)39(28(29,30)31)13-27(33,34)35/h8-10,12-13,16-18,20,24-25,34H,2-7,11,14-15H2,1H3,(H,35,40)(H,37,42)(H,38,41);8-12,14-17,22-23H,4-7,13H2,1-3H3,(H,37,42)(H,38,41). The Bertz CT molecular complexity index is 3040. The van der Waals surface area contributed by atoms with Crippen molar-refractivity contribution in [3.05, 3.63) is 95.1 Å². The molecule has 28 heteroatoms. The summed E-state index contributed by atoms with van der Waals surface area (Å²) >= 11 is 0. The maximum Gasteiger partial charge on any atom is 0.405 e.